The van der Waals surface area contributed by atoms with Crippen molar-refractivity contribution in [3.63, 3.8) is 0 Å². The molecule has 110 valence electrons. The number of aliphatic hydroxyl groups is 2. The van der Waals surface area contributed by atoms with E-state index in [0.29, 0.717) is 5.56 Å². The first-order valence-corrected chi connectivity index (χ1v) is 6.67. The fourth-order valence-electron chi connectivity index (χ4n) is 1.92. The van der Waals surface area contributed by atoms with Crippen molar-refractivity contribution in [1.82, 2.24) is 4.98 Å². The van der Waals surface area contributed by atoms with E-state index >= 15 is 0 Å². The summed E-state index contributed by atoms with van der Waals surface area (Å²) >= 11 is 0. The lowest BCUT2D eigenvalue weighted by atomic mass is 10.0. The topological polar surface area (TPSA) is 79.7 Å². The van der Waals surface area contributed by atoms with Crippen LogP contribution >= 0.6 is 0 Å². The summed E-state index contributed by atoms with van der Waals surface area (Å²) in [6.07, 6.45) is -1.21. The molecule has 1 aromatic heterocycles. The molecule has 5 nitrogen and oxygen atoms in total. The van der Waals surface area contributed by atoms with Crippen molar-refractivity contribution in [2.75, 3.05) is 6.61 Å². The van der Waals surface area contributed by atoms with Gasteiger partial charge < -0.3 is 14.9 Å². The fourth-order valence-corrected chi connectivity index (χ4v) is 1.92. The average Bonchev–Trinajstić information content (AvgIpc) is 2.54. The second kappa shape index (κ2) is 6.97. The number of carbonyl (C=O) groups excluding carboxylic acids is 1. The van der Waals surface area contributed by atoms with E-state index in [1.165, 1.54) is 0 Å². The van der Waals surface area contributed by atoms with E-state index in [9.17, 15) is 15.0 Å². The van der Waals surface area contributed by atoms with Gasteiger partial charge in [-0.3, -0.25) is 4.98 Å². The Balaban J connectivity index is 2.13. The number of esters is 1. The summed E-state index contributed by atoms with van der Waals surface area (Å²) < 4.78 is 4.68. The Morgan fingerprint density at radius 1 is 1.19 bits per heavy atom. The molecule has 0 spiro atoms. The molecule has 0 fully saturated rings. The summed E-state index contributed by atoms with van der Waals surface area (Å²) in [6, 6.07) is 12.4. The molecule has 0 aliphatic heterocycles. The summed E-state index contributed by atoms with van der Waals surface area (Å²) in [7, 11) is 0. The third-order valence-corrected chi connectivity index (χ3v) is 3.04. The zero-order chi connectivity index (χ0) is 15.2. The molecular formula is C16H17NO4. The van der Waals surface area contributed by atoms with E-state index in [1.54, 1.807) is 37.4 Å². The van der Waals surface area contributed by atoms with Crippen molar-refractivity contribution in [2.24, 2.45) is 0 Å². The standard InChI is InChI=1S/C16H17NO4/c1-2-21-16(20)15(19)14(18)12-8-6-11(7-9-12)13-5-3-4-10-17-13/h3-10,14-15,18-19H,2H2,1H3. The van der Waals surface area contributed by atoms with Gasteiger partial charge in [-0.15, -0.1) is 0 Å². The first-order chi connectivity index (χ1) is 10.1. The minimum Gasteiger partial charge on any atom is -0.464 e. The number of aliphatic hydroxyl groups excluding tert-OH is 2. The molecule has 2 atom stereocenters. The third-order valence-electron chi connectivity index (χ3n) is 3.04. The van der Waals surface area contributed by atoms with Gasteiger partial charge in [-0.1, -0.05) is 30.3 Å². The molecule has 0 amide bonds. The SMILES string of the molecule is CCOC(=O)C(O)C(O)c1ccc(-c2ccccn2)cc1. The maximum absolute atomic E-state index is 11.4. The number of hydrogen-bond donors (Lipinski definition) is 2. The highest BCUT2D eigenvalue weighted by atomic mass is 16.5. The maximum atomic E-state index is 11.4. The van der Waals surface area contributed by atoms with Gasteiger partial charge in [-0.25, -0.2) is 4.79 Å². The minimum atomic E-state index is -1.59. The van der Waals surface area contributed by atoms with E-state index < -0.39 is 18.2 Å². The molecule has 21 heavy (non-hydrogen) atoms. The molecule has 0 bridgehead atoms. The molecule has 0 radical (unpaired) electrons. The molecule has 0 saturated carbocycles. The molecule has 5 heteroatoms. The molecule has 0 aliphatic carbocycles. The maximum Gasteiger partial charge on any atom is 0.338 e. The smallest absolute Gasteiger partial charge is 0.338 e. The van der Waals surface area contributed by atoms with Gasteiger partial charge in [0.2, 0.25) is 0 Å². The van der Waals surface area contributed by atoms with Gasteiger partial charge in [-0.2, -0.15) is 0 Å². The van der Waals surface area contributed by atoms with Crippen LogP contribution < -0.4 is 0 Å². The highest BCUT2D eigenvalue weighted by Crippen LogP contribution is 2.22. The first kappa shape index (κ1) is 15.2. The second-order valence-electron chi connectivity index (χ2n) is 4.48. The van der Waals surface area contributed by atoms with Crippen molar-refractivity contribution in [1.29, 1.82) is 0 Å². The molecule has 0 aliphatic rings. The predicted octanol–water partition coefficient (Wildman–Crippen LogP) is 1.71. The molecule has 2 N–H and O–H groups in total. The summed E-state index contributed by atoms with van der Waals surface area (Å²) in [5, 5.41) is 19.7. The lowest BCUT2D eigenvalue weighted by Crippen LogP contribution is -2.29. The summed E-state index contributed by atoms with van der Waals surface area (Å²) in [5.74, 6) is -0.834. The van der Waals surface area contributed by atoms with Crippen LogP contribution in [0, 0.1) is 0 Å². The van der Waals surface area contributed by atoms with Gasteiger partial charge in [0.15, 0.2) is 6.10 Å². The van der Waals surface area contributed by atoms with Crippen LogP contribution in [-0.2, 0) is 9.53 Å². The van der Waals surface area contributed by atoms with Crippen molar-refractivity contribution in [3.05, 3.63) is 54.2 Å². The molecule has 2 aromatic rings. The molecule has 2 unspecified atom stereocenters. The summed E-state index contributed by atoms with van der Waals surface area (Å²) in [6.45, 7) is 1.79. The number of aromatic nitrogens is 1. The summed E-state index contributed by atoms with van der Waals surface area (Å²) in [5.41, 5.74) is 2.14. The Morgan fingerprint density at radius 2 is 1.90 bits per heavy atom. The number of rotatable bonds is 5. The van der Waals surface area contributed by atoms with Crippen LogP contribution in [0.5, 0.6) is 0 Å². The Hall–Kier alpha value is -2.24. The Kier molecular flexibility index (Phi) is 5.03. The van der Waals surface area contributed by atoms with Gasteiger partial charge in [0, 0.05) is 11.8 Å². The molecular weight excluding hydrogens is 270 g/mol. The van der Waals surface area contributed by atoms with Gasteiger partial charge in [0.25, 0.3) is 0 Å². The van der Waals surface area contributed by atoms with E-state index in [4.69, 9.17) is 0 Å². The van der Waals surface area contributed by atoms with Crippen LogP contribution in [0.25, 0.3) is 11.3 Å². The summed E-state index contributed by atoms with van der Waals surface area (Å²) in [4.78, 5) is 15.6. The Morgan fingerprint density at radius 3 is 2.48 bits per heavy atom. The number of nitrogens with zero attached hydrogens (tertiary/aromatic N) is 1. The van der Waals surface area contributed by atoms with Crippen LogP contribution in [0.15, 0.2) is 48.7 Å². The van der Waals surface area contributed by atoms with Crippen LogP contribution in [0.1, 0.15) is 18.6 Å². The highest BCUT2D eigenvalue weighted by Gasteiger charge is 2.26. The Labute approximate surface area is 122 Å². The van der Waals surface area contributed by atoms with Crippen LogP contribution in [0.2, 0.25) is 0 Å². The van der Waals surface area contributed by atoms with E-state index in [1.807, 2.05) is 18.2 Å². The van der Waals surface area contributed by atoms with Crippen molar-refractivity contribution in [2.45, 2.75) is 19.1 Å². The second-order valence-corrected chi connectivity index (χ2v) is 4.48. The lowest BCUT2D eigenvalue weighted by Gasteiger charge is -2.17. The third kappa shape index (κ3) is 3.65. The van der Waals surface area contributed by atoms with Crippen LogP contribution in [0.3, 0.4) is 0 Å². The fraction of sp³-hybridized carbons (Fsp3) is 0.250. The zero-order valence-electron chi connectivity index (χ0n) is 11.6. The predicted molar refractivity (Wildman–Crippen MR) is 77.3 cm³/mol. The normalized spacial score (nSPS) is 13.5. The first-order valence-electron chi connectivity index (χ1n) is 6.67. The number of pyridine rings is 1. The molecule has 0 saturated heterocycles. The monoisotopic (exact) mass is 287 g/mol. The van der Waals surface area contributed by atoms with Gasteiger partial charge in [-0.05, 0) is 24.6 Å². The van der Waals surface area contributed by atoms with Crippen LogP contribution in [0.4, 0.5) is 0 Å². The zero-order valence-corrected chi connectivity index (χ0v) is 11.6. The van der Waals surface area contributed by atoms with Crippen molar-refractivity contribution < 1.29 is 19.7 Å². The van der Waals surface area contributed by atoms with Gasteiger partial charge in [0.05, 0.1) is 12.3 Å². The van der Waals surface area contributed by atoms with Crippen molar-refractivity contribution >= 4 is 5.97 Å². The van der Waals surface area contributed by atoms with E-state index in [0.717, 1.165) is 11.3 Å². The highest BCUT2D eigenvalue weighted by molar-refractivity contribution is 5.75. The van der Waals surface area contributed by atoms with E-state index in [2.05, 4.69) is 9.72 Å². The molecule has 2 rings (SSSR count). The van der Waals surface area contributed by atoms with Gasteiger partial charge >= 0.3 is 5.97 Å². The van der Waals surface area contributed by atoms with Crippen molar-refractivity contribution in [3.8, 4) is 11.3 Å². The molecule has 1 aromatic carbocycles. The van der Waals surface area contributed by atoms with Crippen LogP contribution in [-0.4, -0.2) is 33.9 Å². The number of carbonyl (C=O) groups is 1. The molecule has 1 heterocycles. The number of hydrogen-bond acceptors (Lipinski definition) is 5. The largest absolute Gasteiger partial charge is 0.464 e. The van der Waals surface area contributed by atoms with Gasteiger partial charge in [0.1, 0.15) is 6.10 Å². The lowest BCUT2D eigenvalue weighted by molar-refractivity contribution is -0.159. The number of benzene rings is 1. The minimum absolute atomic E-state index is 0.154. The quantitative estimate of drug-likeness (QED) is 0.818. The average molecular weight is 287 g/mol. The number of ether oxygens (including phenoxy) is 1. The Bertz CT molecular complexity index is 583. The van der Waals surface area contributed by atoms with E-state index in [-0.39, 0.29) is 6.61 Å².